The van der Waals surface area contributed by atoms with Gasteiger partial charge in [0.1, 0.15) is 5.75 Å². The lowest BCUT2D eigenvalue weighted by atomic mass is 10.1. The van der Waals surface area contributed by atoms with Crippen molar-refractivity contribution in [3.05, 3.63) is 44.9 Å². The lowest BCUT2D eigenvalue weighted by Crippen LogP contribution is -2.09. The third kappa shape index (κ3) is 2.28. The molecule has 0 aliphatic rings. The molecular formula is C11H8Cl2N2O2. The van der Waals surface area contributed by atoms with Gasteiger partial charge in [0, 0.05) is 6.20 Å². The number of aromatic nitrogens is 2. The smallest absolute Gasteiger partial charge is 0.345 e. The summed E-state index contributed by atoms with van der Waals surface area (Å²) >= 11 is 12.0. The minimum atomic E-state index is -0.458. The molecule has 6 heteroatoms. The van der Waals surface area contributed by atoms with E-state index < -0.39 is 5.69 Å². The van der Waals surface area contributed by atoms with Crippen LogP contribution in [0.1, 0.15) is 0 Å². The van der Waals surface area contributed by atoms with E-state index in [0.29, 0.717) is 27.1 Å². The van der Waals surface area contributed by atoms with Gasteiger partial charge in [-0.25, -0.2) is 4.79 Å². The SMILES string of the molecule is COc1ccc(Cl)c(Cl)c1-c1cc[nH]c(=O)n1. The van der Waals surface area contributed by atoms with Gasteiger partial charge >= 0.3 is 5.69 Å². The number of hydrogen-bond donors (Lipinski definition) is 1. The lowest BCUT2D eigenvalue weighted by molar-refractivity contribution is 0.416. The molecule has 2 rings (SSSR count). The maximum atomic E-state index is 11.2. The van der Waals surface area contributed by atoms with Crippen LogP contribution in [-0.4, -0.2) is 17.1 Å². The lowest BCUT2D eigenvalue weighted by Gasteiger charge is -2.10. The third-order valence-corrected chi connectivity index (χ3v) is 3.01. The Morgan fingerprint density at radius 1 is 1.29 bits per heavy atom. The molecule has 0 aliphatic carbocycles. The first-order valence-corrected chi connectivity index (χ1v) is 5.47. The van der Waals surface area contributed by atoms with Gasteiger partial charge in [0.05, 0.1) is 28.4 Å². The van der Waals surface area contributed by atoms with Gasteiger partial charge in [-0.15, -0.1) is 0 Å². The van der Waals surface area contributed by atoms with Crippen molar-refractivity contribution in [3.8, 4) is 17.0 Å². The van der Waals surface area contributed by atoms with Gasteiger partial charge in [-0.2, -0.15) is 4.98 Å². The first kappa shape index (κ1) is 12.0. The van der Waals surface area contributed by atoms with E-state index in [1.54, 1.807) is 18.2 Å². The maximum absolute atomic E-state index is 11.2. The number of hydrogen-bond acceptors (Lipinski definition) is 3. The predicted octanol–water partition coefficient (Wildman–Crippen LogP) is 2.75. The Kier molecular flexibility index (Phi) is 3.36. The molecule has 0 saturated heterocycles. The molecule has 0 atom stereocenters. The fourth-order valence-corrected chi connectivity index (χ4v) is 1.86. The number of rotatable bonds is 2. The highest BCUT2D eigenvalue weighted by Crippen LogP contribution is 2.39. The standard InChI is InChI=1S/C11H8Cl2N2O2/c1-17-8-3-2-6(12)10(13)9(8)7-4-5-14-11(16)15-7/h2-5H,1H3,(H,14,15,16). The Hall–Kier alpha value is -1.52. The van der Waals surface area contributed by atoms with Crippen LogP contribution in [0.4, 0.5) is 0 Å². The normalized spacial score (nSPS) is 10.3. The molecule has 17 heavy (non-hydrogen) atoms. The molecule has 4 nitrogen and oxygen atoms in total. The summed E-state index contributed by atoms with van der Waals surface area (Å²) in [5, 5.41) is 0.689. The fourth-order valence-electron chi connectivity index (χ4n) is 1.45. The molecule has 0 amide bonds. The van der Waals surface area contributed by atoms with Crippen molar-refractivity contribution in [1.29, 1.82) is 0 Å². The number of methoxy groups -OCH3 is 1. The molecule has 0 spiro atoms. The van der Waals surface area contributed by atoms with Crippen molar-refractivity contribution in [2.45, 2.75) is 0 Å². The molecular weight excluding hydrogens is 263 g/mol. The number of nitrogens with one attached hydrogen (secondary N) is 1. The zero-order chi connectivity index (χ0) is 12.4. The van der Waals surface area contributed by atoms with Crippen LogP contribution in [0.25, 0.3) is 11.3 Å². The van der Waals surface area contributed by atoms with Gasteiger partial charge in [-0.1, -0.05) is 23.2 Å². The molecule has 88 valence electrons. The molecule has 0 fully saturated rings. The van der Waals surface area contributed by atoms with Crippen LogP contribution < -0.4 is 10.4 Å². The molecule has 1 aromatic heterocycles. The molecule has 0 aliphatic heterocycles. The van der Waals surface area contributed by atoms with E-state index in [4.69, 9.17) is 27.9 Å². The molecule has 0 saturated carbocycles. The highest BCUT2D eigenvalue weighted by Gasteiger charge is 2.14. The highest BCUT2D eigenvalue weighted by atomic mass is 35.5. The summed E-state index contributed by atoms with van der Waals surface area (Å²) in [7, 11) is 1.51. The summed E-state index contributed by atoms with van der Waals surface area (Å²) < 4.78 is 5.18. The van der Waals surface area contributed by atoms with E-state index in [0.717, 1.165) is 0 Å². The molecule has 1 aromatic carbocycles. The van der Waals surface area contributed by atoms with Crippen LogP contribution in [0.15, 0.2) is 29.2 Å². The number of nitrogens with zero attached hydrogens (tertiary/aromatic N) is 1. The summed E-state index contributed by atoms with van der Waals surface area (Å²) in [6.07, 6.45) is 1.49. The maximum Gasteiger partial charge on any atom is 0.345 e. The summed E-state index contributed by atoms with van der Waals surface area (Å²) in [4.78, 5) is 17.4. The Morgan fingerprint density at radius 3 is 2.71 bits per heavy atom. The Balaban J connectivity index is 2.73. The van der Waals surface area contributed by atoms with E-state index in [2.05, 4.69) is 9.97 Å². The van der Waals surface area contributed by atoms with Crippen molar-refractivity contribution >= 4 is 23.2 Å². The Morgan fingerprint density at radius 2 is 2.06 bits per heavy atom. The quantitative estimate of drug-likeness (QED) is 0.913. The monoisotopic (exact) mass is 270 g/mol. The minimum Gasteiger partial charge on any atom is -0.496 e. The first-order chi connectivity index (χ1) is 8.13. The number of H-pyrrole nitrogens is 1. The third-order valence-electron chi connectivity index (χ3n) is 2.20. The number of ether oxygens (including phenoxy) is 1. The second-order valence-electron chi connectivity index (χ2n) is 3.22. The Labute approximate surface area is 107 Å². The van der Waals surface area contributed by atoms with Crippen LogP contribution in [-0.2, 0) is 0 Å². The largest absolute Gasteiger partial charge is 0.496 e. The molecule has 0 radical (unpaired) electrons. The van der Waals surface area contributed by atoms with Gasteiger partial charge in [0.25, 0.3) is 0 Å². The number of benzene rings is 1. The summed E-state index contributed by atoms with van der Waals surface area (Å²) in [5.41, 5.74) is 0.464. The van der Waals surface area contributed by atoms with E-state index in [-0.39, 0.29) is 0 Å². The second kappa shape index (κ2) is 4.77. The van der Waals surface area contributed by atoms with Gasteiger partial charge in [-0.3, -0.25) is 0 Å². The van der Waals surface area contributed by atoms with E-state index in [1.807, 2.05) is 0 Å². The van der Waals surface area contributed by atoms with Gasteiger partial charge in [0.2, 0.25) is 0 Å². The van der Waals surface area contributed by atoms with Gasteiger partial charge < -0.3 is 9.72 Å². The van der Waals surface area contributed by atoms with Crippen molar-refractivity contribution in [1.82, 2.24) is 9.97 Å². The van der Waals surface area contributed by atoms with E-state index in [9.17, 15) is 4.79 Å². The molecule has 1 N–H and O–H groups in total. The van der Waals surface area contributed by atoms with Crippen molar-refractivity contribution in [3.63, 3.8) is 0 Å². The summed E-state index contributed by atoms with van der Waals surface area (Å²) in [6, 6.07) is 4.92. The van der Waals surface area contributed by atoms with Gasteiger partial charge in [0.15, 0.2) is 0 Å². The van der Waals surface area contributed by atoms with Crippen molar-refractivity contribution < 1.29 is 4.74 Å². The van der Waals surface area contributed by atoms with Crippen LogP contribution in [0, 0.1) is 0 Å². The fraction of sp³-hybridized carbons (Fsp3) is 0.0909. The summed E-state index contributed by atoms with van der Waals surface area (Å²) in [5.74, 6) is 0.512. The van der Waals surface area contributed by atoms with Crippen molar-refractivity contribution in [2.75, 3.05) is 7.11 Å². The molecule has 1 heterocycles. The van der Waals surface area contributed by atoms with E-state index >= 15 is 0 Å². The molecule has 0 unspecified atom stereocenters. The second-order valence-corrected chi connectivity index (χ2v) is 4.00. The number of aromatic amines is 1. The summed E-state index contributed by atoms with van der Waals surface area (Å²) in [6.45, 7) is 0. The first-order valence-electron chi connectivity index (χ1n) is 4.71. The Bertz CT molecular complexity index is 611. The minimum absolute atomic E-state index is 0.309. The average molecular weight is 271 g/mol. The van der Waals surface area contributed by atoms with Gasteiger partial charge in [-0.05, 0) is 18.2 Å². The predicted molar refractivity (Wildman–Crippen MR) is 66.9 cm³/mol. The van der Waals surface area contributed by atoms with Crippen LogP contribution >= 0.6 is 23.2 Å². The zero-order valence-electron chi connectivity index (χ0n) is 8.83. The van der Waals surface area contributed by atoms with Crippen LogP contribution in [0.2, 0.25) is 10.0 Å². The zero-order valence-corrected chi connectivity index (χ0v) is 10.3. The average Bonchev–Trinajstić information content (AvgIpc) is 2.32. The van der Waals surface area contributed by atoms with Crippen LogP contribution in [0.5, 0.6) is 5.75 Å². The molecule has 2 aromatic rings. The molecule has 0 bridgehead atoms. The topological polar surface area (TPSA) is 55.0 Å². The number of halogens is 2. The van der Waals surface area contributed by atoms with Crippen LogP contribution in [0.3, 0.4) is 0 Å². The highest BCUT2D eigenvalue weighted by molar-refractivity contribution is 6.44. The van der Waals surface area contributed by atoms with Crippen molar-refractivity contribution in [2.24, 2.45) is 0 Å². The van der Waals surface area contributed by atoms with E-state index in [1.165, 1.54) is 13.3 Å².